The minimum absolute atomic E-state index is 0.0262. The van der Waals surface area contributed by atoms with Crippen LogP contribution in [0, 0.1) is 11.8 Å². The van der Waals surface area contributed by atoms with Crippen molar-refractivity contribution in [3.63, 3.8) is 0 Å². The summed E-state index contributed by atoms with van der Waals surface area (Å²) in [4.78, 5) is 39.9. The first kappa shape index (κ1) is 57.2. The lowest BCUT2D eigenvalue weighted by Gasteiger charge is -2.26. The van der Waals surface area contributed by atoms with Gasteiger partial charge < -0.3 is 18.9 Å². The Labute approximate surface area is 377 Å². The second-order valence-electron chi connectivity index (χ2n) is 18.8. The molecule has 1 fully saturated rings. The molecule has 1 heterocycles. The van der Waals surface area contributed by atoms with Crippen molar-refractivity contribution in [3.8, 4) is 0 Å². The van der Waals surface area contributed by atoms with Gasteiger partial charge in [0.15, 0.2) is 0 Å². The zero-order valence-electron chi connectivity index (χ0n) is 40.9. The van der Waals surface area contributed by atoms with Crippen molar-refractivity contribution >= 4 is 18.1 Å². The largest absolute Gasteiger partial charge is 0.508 e. The summed E-state index contributed by atoms with van der Waals surface area (Å²) in [6.07, 6.45) is 41.1. The number of unbranched alkanes of at least 4 members (excludes halogenated alkanes) is 18. The molecule has 0 saturated carbocycles. The van der Waals surface area contributed by atoms with E-state index in [2.05, 4.69) is 32.6 Å². The number of nitrogens with zero attached hydrogens (tertiary/aromatic N) is 1. The lowest BCUT2D eigenvalue weighted by molar-refractivity contribution is -0.145. The molecule has 0 aliphatic carbocycles. The van der Waals surface area contributed by atoms with Gasteiger partial charge in [-0.2, -0.15) is 0 Å². The standard InChI is InChI=1S/C53H101NO7/c1-5-9-22-32-48(33-23-10-6-2)40-45-58-51(55)38-28-19-15-13-14-17-26-36-50(61-53(57)60-47-44-54-42-30-21-31-43-54)37-27-18-16-20-29-39-52(56)59-46-41-49(34-24-11-7-3)35-25-12-8-4/h48-50H,5-47H2,1-4H3. The van der Waals surface area contributed by atoms with Crippen molar-refractivity contribution in [1.82, 2.24) is 4.90 Å². The van der Waals surface area contributed by atoms with Crippen molar-refractivity contribution in [2.45, 2.75) is 271 Å². The third-order valence-electron chi connectivity index (χ3n) is 13.1. The molecule has 0 bridgehead atoms. The topological polar surface area (TPSA) is 91.4 Å². The van der Waals surface area contributed by atoms with Crippen molar-refractivity contribution in [1.29, 1.82) is 0 Å². The summed E-state index contributed by atoms with van der Waals surface area (Å²) in [6, 6.07) is 0. The number of hydrogen-bond acceptors (Lipinski definition) is 8. The number of hydrogen-bond donors (Lipinski definition) is 0. The van der Waals surface area contributed by atoms with Crippen LogP contribution in [0.4, 0.5) is 4.79 Å². The Morgan fingerprint density at radius 1 is 0.410 bits per heavy atom. The van der Waals surface area contributed by atoms with Gasteiger partial charge in [-0.1, -0.05) is 188 Å². The van der Waals surface area contributed by atoms with Crippen molar-refractivity contribution < 1.29 is 33.3 Å². The van der Waals surface area contributed by atoms with Gasteiger partial charge in [0.05, 0.1) is 13.2 Å². The molecule has 360 valence electrons. The molecule has 0 spiro atoms. The zero-order chi connectivity index (χ0) is 44.3. The normalized spacial score (nSPS) is 13.8. The number of piperidine rings is 1. The first-order valence-electron chi connectivity index (χ1n) is 26.8. The molecule has 8 heteroatoms. The average molecular weight is 864 g/mol. The Morgan fingerprint density at radius 3 is 1.20 bits per heavy atom. The predicted octanol–water partition coefficient (Wildman–Crippen LogP) is 15.7. The molecule has 0 aromatic heterocycles. The second kappa shape index (κ2) is 43.4. The van der Waals surface area contributed by atoms with E-state index in [-0.39, 0.29) is 18.0 Å². The van der Waals surface area contributed by atoms with Gasteiger partial charge in [0.1, 0.15) is 12.7 Å². The van der Waals surface area contributed by atoms with E-state index in [0.29, 0.717) is 44.5 Å². The molecule has 0 N–H and O–H groups in total. The van der Waals surface area contributed by atoms with Crippen LogP contribution in [-0.2, 0) is 28.5 Å². The van der Waals surface area contributed by atoms with Crippen LogP contribution >= 0.6 is 0 Å². The lowest BCUT2D eigenvalue weighted by Crippen LogP contribution is -2.33. The summed E-state index contributed by atoms with van der Waals surface area (Å²) in [7, 11) is 0. The number of rotatable bonds is 44. The molecule has 0 aromatic carbocycles. The van der Waals surface area contributed by atoms with Gasteiger partial charge >= 0.3 is 18.1 Å². The van der Waals surface area contributed by atoms with Crippen molar-refractivity contribution in [3.05, 3.63) is 0 Å². The van der Waals surface area contributed by atoms with Gasteiger partial charge in [0.2, 0.25) is 0 Å². The lowest BCUT2D eigenvalue weighted by atomic mass is 9.92. The smallest absolute Gasteiger partial charge is 0.466 e. The third kappa shape index (κ3) is 37.3. The highest BCUT2D eigenvalue weighted by atomic mass is 16.7. The van der Waals surface area contributed by atoms with Crippen LogP contribution in [-0.4, -0.2) is 68.6 Å². The molecule has 1 atom stereocenters. The van der Waals surface area contributed by atoms with Crippen LogP contribution in [0.2, 0.25) is 0 Å². The minimum atomic E-state index is -0.522. The van der Waals surface area contributed by atoms with E-state index in [1.54, 1.807) is 0 Å². The van der Waals surface area contributed by atoms with Crippen LogP contribution in [0.15, 0.2) is 0 Å². The number of carbonyl (C=O) groups excluding carboxylic acids is 3. The van der Waals surface area contributed by atoms with E-state index < -0.39 is 6.16 Å². The highest BCUT2D eigenvalue weighted by Gasteiger charge is 2.17. The van der Waals surface area contributed by atoms with E-state index in [1.165, 1.54) is 128 Å². The fourth-order valence-corrected chi connectivity index (χ4v) is 8.99. The number of carbonyl (C=O) groups is 3. The maximum atomic E-state index is 12.7. The zero-order valence-corrected chi connectivity index (χ0v) is 40.9. The number of likely N-dealkylation sites (tertiary alicyclic amines) is 1. The summed E-state index contributed by atoms with van der Waals surface area (Å²) in [6.45, 7) is 13.5. The Balaban J connectivity index is 2.29. The molecular formula is C53H101NO7. The molecule has 1 aliphatic heterocycles. The summed E-state index contributed by atoms with van der Waals surface area (Å²) in [5, 5.41) is 0. The Bertz CT molecular complexity index is 966. The molecule has 0 amide bonds. The van der Waals surface area contributed by atoms with Crippen LogP contribution < -0.4 is 0 Å². The SMILES string of the molecule is CCCCCC(CCCCC)CCOC(=O)CCCCCCCCCC(CCCCCCCC(=O)OCCC(CCCCC)CCCCC)OC(=O)OCCN1CCCCC1. The molecule has 61 heavy (non-hydrogen) atoms. The van der Waals surface area contributed by atoms with Crippen LogP contribution in [0.3, 0.4) is 0 Å². The molecule has 1 saturated heterocycles. The van der Waals surface area contributed by atoms with Gasteiger partial charge in [-0.15, -0.1) is 0 Å². The number of esters is 2. The monoisotopic (exact) mass is 864 g/mol. The first-order chi connectivity index (χ1) is 29.9. The highest BCUT2D eigenvalue weighted by Crippen LogP contribution is 2.23. The molecule has 8 nitrogen and oxygen atoms in total. The number of ether oxygens (including phenoxy) is 4. The summed E-state index contributed by atoms with van der Waals surface area (Å²) in [5.74, 6) is 1.32. The van der Waals surface area contributed by atoms with Crippen molar-refractivity contribution in [2.75, 3.05) is 39.5 Å². The third-order valence-corrected chi connectivity index (χ3v) is 13.1. The molecule has 1 unspecified atom stereocenters. The molecule has 0 radical (unpaired) electrons. The Morgan fingerprint density at radius 2 is 0.787 bits per heavy atom. The maximum absolute atomic E-state index is 12.7. The van der Waals surface area contributed by atoms with Crippen molar-refractivity contribution in [2.24, 2.45) is 11.8 Å². The predicted molar refractivity (Wildman–Crippen MR) is 255 cm³/mol. The molecule has 0 aromatic rings. The van der Waals surface area contributed by atoms with Gasteiger partial charge in [-0.05, 0) is 89.1 Å². The fourth-order valence-electron chi connectivity index (χ4n) is 8.99. The van der Waals surface area contributed by atoms with E-state index in [9.17, 15) is 14.4 Å². The summed E-state index contributed by atoms with van der Waals surface area (Å²) < 4.78 is 22.7. The summed E-state index contributed by atoms with van der Waals surface area (Å²) in [5.41, 5.74) is 0. The quantitative estimate of drug-likeness (QED) is 0.0340. The average Bonchev–Trinajstić information content (AvgIpc) is 3.25. The fraction of sp³-hybridized carbons (Fsp3) is 0.943. The molecule has 1 rings (SSSR count). The summed E-state index contributed by atoms with van der Waals surface area (Å²) >= 11 is 0. The van der Waals surface area contributed by atoms with E-state index >= 15 is 0 Å². The van der Waals surface area contributed by atoms with E-state index in [1.807, 2.05) is 0 Å². The first-order valence-corrected chi connectivity index (χ1v) is 26.8. The minimum Gasteiger partial charge on any atom is -0.466 e. The van der Waals surface area contributed by atoms with E-state index in [4.69, 9.17) is 18.9 Å². The molecule has 1 aliphatic rings. The van der Waals surface area contributed by atoms with Gasteiger partial charge in [-0.25, -0.2) is 4.79 Å². The van der Waals surface area contributed by atoms with Crippen LogP contribution in [0.25, 0.3) is 0 Å². The Kier molecular flexibility index (Phi) is 40.7. The highest BCUT2D eigenvalue weighted by molar-refractivity contribution is 5.69. The Hall–Kier alpha value is -1.83. The van der Waals surface area contributed by atoms with Gasteiger partial charge in [0, 0.05) is 19.4 Å². The van der Waals surface area contributed by atoms with Gasteiger partial charge in [-0.3, -0.25) is 14.5 Å². The second-order valence-corrected chi connectivity index (χ2v) is 18.8. The molecular weight excluding hydrogens is 763 g/mol. The van der Waals surface area contributed by atoms with Crippen LogP contribution in [0.5, 0.6) is 0 Å². The van der Waals surface area contributed by atoms with E-state index in [0.717, 1.165) is 116 Å². The van der Waals surface area contributed by atoms with Gasteiger partial charge in [0.25, 0.3) is 0 Å². The van der Waals surface area contributed by atoms with Crippen LogP contribution in [0.1, 0.15) is 265 Å². The maximum Gasteiger partial charge on any atom is 0.508 e.